The van der Waals surface area contributed by atoms with Crippen LogP contribution in [0.25, 0.3) is 0 Å². The Kier molecular flexibility index (Phi) is 10.5. The Hall–Kier alpha value is -1.10. The summed E-state index contributed by atoms with van der Waals surface area (Å²) >= 11 is 0. The molecular formula is C48H78O5. The second kappa shape index (κ2) is 14.4. The summed E-state index contributed by atoms with van der Waals surface area (Å²) < 4.78 is 6.35. The number of carbonyl (C=O) groups is 2. The van der Waals surface area contributed by atoms with Gasteiger partial charge in [0.25, 0.3) is 0 Å². The van der Waals surface area contributed by atoms with Crippen molar-refractivity contribution in [1.82, 2.24) is 0 Å². The number of aliphatic carboxylic acids is 1. The first-order valence-corrected chi connectivity index (χ1v) is 23.3. The fourth-order valence-electron chi connectivity index (χ4n) is 17.9. The van der Waals surface area contributed by atoms with Gasteiger partial charge in [-0.25, -0.2) is 0 Å². The van der Waals surface area contributed by atoms with E-state index in [1.165, 1.54) is 83.5 Å². The van der Waals surface area contributed by atoms with E-state index in [2.05, 4.69) is 41.5 Å². The van der Waals surface area contributed by atoms with Crippen molar-refractivity contribution in [3.8, 4) is 0 Å². The molecule has 8 aliphatic carbocycles. The lowest BCUT2D eigenvalue weighted by atomic mass is 9.43. The number of ether oxygens (including phenoxy) is 1. The number of esters is 1. The van der Waals surface area contributed by atoms with Gasteiger partial charge in [0.1, 0.15) is 6.10 Å². The molecule has 0 saturated heterocycles. The van der Waals surface area contributed by atoms with E-state index in [1.54, 1.807) is 0 Å². The first-order valence-electron chi connectivity index (χ1n) is 23.3. The molecule has 4 unspecified atom stereocenters. The number of fused-ring (bicyclic) bond motifs is 10. The predicted molar refractivity (Wildman–Crippen MR) is 211 cm³/mol. The molecule has 5 nitrogen and oxygen atoms in total. The highest BCUT2D eigenvalue weighted by atomic mass is 16.5. The highest BCUT2D eigenvalue weighted by molar-refractivity contribution is 5.69. The first-order chi connectivity index (χ1) is 25.2. The Bertz CT molecular complexity index is 1360. The summed E-state index contributed by atoms with van der Waals surface area (Å²) in [6.45, 7) is 15.0. The zero-order valence-electron chi connectivity index (χ0n) is 34.8. The molecule has 0 aromatic heterocycles. The van der Waals surface area contributed by atoms with E-state index in [-0.39, 0.29) is 35.4 Å². The minimum absolute atomic E-state index is 0.0453. The topological polar surface area (TPSA) is 83.8 Å². The van der Waals surface area contributed by atoms with Crippen molar-refractivity contribution in [3.63, 3.8) is 0 Å². The molecule has 0 amide bonds. The average Bonchev–Trinajstić information content (AvgIpc) is 3.68. The molecule has 2 N–H and O–H groups in total. The highest BCUT2D eigenvalue weighted by Gasteiger charge is 2.64. The van der Waals surface area contributed by atoms with E-state index in [0.29, 0.717) is 65.1 Å². The van der Waals surface area contributed by atoms with E-state index in [1.807, 2.05) is 0 Å². The summed E-state index contributed by atoms with van der Waals surface area (Å²) in [7, 11) is 0. The molecule has 5 heteroatoms. The molecule has 0 bridgehead atoms. The number of rotatable bonds is 9. The third-order valence-corrected chi connectivity index (χ3v) is 20.7. The minimum atomic E-state index is -0.707. The molecule has 53 heavy (non-hydrogen) atoms. The molecule has 0 aromatic carbocycles. The van der Waals surface area contributed by atoms with Crippen LogP contribution in [-0.2, 0) is 14.3 Å². The van der Waals surface area contributed by atoms with Crippen molar-refractivity contribution in [1.29, 1.82) is 0 Å². The maximum atomic E-state index is 13.5. The van der Waals surface area contributed by atoms with Crippen molar-refractivity contribution in [2.75, 3.05) is 0 Å². The fraction of sp³-hybridized carbons (Fsp3) is 0.958. The number of hydrogen-bond acceptors (Lipinski definition) is 4. The molecule has 8 rings (SSSR count). The van der Waals surface area contributed by atoms with Crippen LogP contribution >= 0.6 is 0 Å². The lowest BCUT2D eigenvalue weighted by Gasteiger charge is -2.62. The molecule has 18 atom stereocenters. The van der Waals surface area contributed by atoms with Crippen LogP contribution in [0.1, 0.15) is 183 Å². The van der Waals surface area contributed by atoms with E-state index in [9.17, 15) is 19.8 Å². The number of carboxylic acid groups (broad SMARTS) is 1. The van der Waals surface area contributed by atoms with Gasteiger partial charge in [0, 0.05) is 12.8 Å². The molecule has 8 aliphatic rings. The van der Waals surface area contributed by atoms with Crippen molar-refractivity contribution in [2.45, 2.75) is 195 Å². The van der Waals surface area contributed by atoms with E-state index >= 15 is 0 Å². The fourth-order valence-corrected chi connectivity index (χ4v) is 17.9. The van der Waals surface area contributed by atoms with Gasteiger partial charge in [-0.1, -0.05) is 54.4 Å². The lowest BCUT2D eigenvalue weighted by Crippen LogP contribution is -2.59. The van der Waals surface area contributed by atoms with Crippen molar-refractivity contribution >= 4 is 11.9 Å². The van der Waals surface area contributed by atoms with Crippen LogP contribution in [0.3, 0.4) is 0 Å². The number of carbonyl (C=O) groups excluding carboxylic acids is 1. The van der Waals surface area contributed by atoms with Gasteiger partial charge in [0.05, 0.1) is 6.10 Å². The SMILES string of the molecule is C[C@H](CCC(=O)O)[C@H]1CC[C@H]2[C@@H]3CC[C@@H]4C[C@H](OC(=O)CC[C@@H](C)[C@H]5CCC6C7CCC8CCCC[C@]8(C)C7CC[C@@]65C)CC[C@]4(C)[C@H]3C[C@H](O)[C@]12C. The Balaban J connectivity index is 0.836. The van der Waals surface area contributed by atoms with E-state index in [4.69, 9.17) is 4.74 Å². The van der Waals surface area contributed by atoms with Crippen molar-refractivity contribution < 1.29 is 24.5 Å². The summed E-state index contributed by atoms with van der Waals surface area (Å²) in [6.07, 6.45) is 25.4. The summed E-state index contributed by atoms with van der Waals surface area (Å²) in [5, 5.41) is 21.3. The molecule has 8 fully saturated rings. The Morgan fingerprint density at radius 2 is 1.25 bits per heavy atom. The molecule has 0 aromatic rings. The Labute approximate surface area is 323 Å². The van der Waals surface area contributed by atoms with Crippen LogP contribution in [0.5, 0.6) is 0 Å². The average molecular weight is 735 g/mol. The number of aliphatic hydroxyl groups is 1. The monoisotopic (exact) mass is 735 g/mol. The Morgan fingerprint density at radius 1 is 0.623 bits per heavy atom. The first kappa shape index (κ1) is 38.8. The number of aliphatic hydroxyl groups excluding tert-OH is 1. The van der Waals surface area contributed by atoms with Gasteiger partial charge in [0.15, 0.2) is 0 Å². The molecule has 0 spiro atoms. The van der Waals surface area contributed by atoms with E-state index in [0.717, 1.165) is 68.1 Å². The molecule has 0 radical (unpaired) electrons. The van der Waals surface area contributed by atoms with Crippen LogP contribution in [0.15, 0.2) is 0 Å². The molecular weight excluding hydrogens is 657 g/mol. The number of hydrogen-bond donors (Lipinski definition) is 2. The van der Waals surface area contributed by atoms with Crippen LogP contribution in [-0.4, -0.2) is 34.4 Å². The van der Waals surface area contributed by atoms with Crippen LogP contribution in [0.4, 0.5) is 0 Å². The van der Waals surface area contributed by atoms with Crippen LogP contribution in [0, 0.1) is 92.7 Å². The molecule has 300 valence electrons. The smallest absolute Gasteiger partial charge is 0.306 e. The maximum absolute atomic E-state index is 13.5. The van der Waals surface area contributed by atoms with Gasteiger partial charge in [0.2, 0.25) is 0 Å². The standard InChI is InChI=1S/C48H78O5/c1-29(36-16-18-38-34-14-12-31-9-7-8-24-45(31,3)39(34)23-26-47(36,38)5)11-21-44(52)53-33-22-25-46(4)32(27-33)13-15-35-40-19-17-37(30(2)10-20-43(50)51)48(40,6)42(49)28-41(35)46/h29-42,49H,7-28H2,1-6H3,(H,50,51)/t29-,30-,31?,32-,33-,34?,35+,36-,37-,38?,39?,40+,41+,42+,45+,46+,47-,48-/m1/s1. The van der Waals surface area contributed by atoms with Crippen molar-refractivity contribution in [3.05, 3.63) is 0 Å². The van der Waals surface area contributed by atoms with Gasteiger partial charge < -0.3 is 14.9 Å². The number of carboxylic acids is 1. The second-order valence-corrected chi connectivity index (χ2v) is 22.4. The summed E-state index contributed by atoms with van der Waals surface area (Å²) in [5.74, 6) is 7.48. The largest absolute Gasteiger partial charge is 0.481 e. The van der Waals surface area contributed by atoms with Crippen LogP contribution in [0.2, 0.25) is 0 Å². The summed E-state index contributed by atoms with van der Waals surface area (Å²) in [6, 6.07) is 0. The third-order valence-electron chi connectivity index (χ3n) is 20.7. The second-order valence-electron chi connectivity index (χ2n) is 22.4. The van der Waals surface area contributed by atoms with Crippen LogP contribution < -0.4 is 0 Å². The third kappa shape index (κ3) is 6.31. The van der Waals surface area contributed by atoms with Gasteiger partial charge in [-0.05, 0) is 208 Å². The minimum Gasteiger partial charge on any atom is -0.481 e. The molecule has 8 saturated carbocycles. The Morgan fingerprint density at radius 3 is 2.02 bits per heavy atom. The predicted octanol–water partition coefficient (Wildman–Crippen LogP) is 11.5. The van der Waals surface area contributed by atoms with Gasteiger partial charge >= 0.3 is 11.9 Å². The molecule has 0 heterocycles. The quantitative estimate of drug-likeness (QED) is 0.230. The van der Waals surface area contributed by atoms with E-state index < -0.39 is 5.97 Å². The van der Waals surface area contributed by atoms with Gasteiger partial charge in [-0.3, -0.25) is 9.59 Å². The summed E-state index contributed by atoms with van der Waals surface area (Å²) in [5.41, 5.74) is 1.16. The molecule has 0 aliphatic heterocycles. The zero-order valence-corrected chi connectivity index (χ0v) is 34.8. The highest BCUT2D eigenvalue weighted by Crippen LogP contribution is 2.70. The van der Waals surface area contributed by atoms with Crippen molar-refractivity contribution in [2.24, 2.45) is 92.7 Å². The van der Waals surface area contributed by atoms with Gasteiger partial charge in [-0.2, -0.15) is 0 Å². The normalized spacial score (nSPS) is 51.4. The summed E-state index contributed by atoms with van der Waals surface area (Å²) in [4.78, 5) is 24.8. The van der Waals surface area contributed by atoms with Gasteiger partial charge in [-0.15, -0.1) is 0 Å². The maximum Gasteiger partial charge on any atom is 0.306 e. The zero-order chi connectivity index (χ0) is 37.5. The lowest BCUT2D eigenvalue weighted by molar-refractivity contribution is -0.181.